The van der Waals surface area contributed by atoms with Gasteiger partial charge in [0.25, 0.3) is 5.91 Å². The zero-order chi connectivity index (χ0) is 14.2. The third-order valence-electron chi connectivity index (χ3n) is 2.44. The largest absolute Gasteiger partial charge is 0.343 e. The highest BCUT2D eigenvalue weighted by atomic mass is 127. The Morgan fingerprint density at radius 1 is 1.42 bits per heavy atom. The Bertz CT molecular complexity index is 642. The van der Waals surface area contributed by atoms with E-state index in [1.807, 2.05) is 0 Å². The summed E-state index contributed by atoms with van der Waals surface area (Å²) in [5.74, 6) is -0.679. The SMILES string of the molecule is CN(C)C(=O)c1cc(I)n(-c2ccc(F)c(Cl)c2)n1. The minimum absolute atomic E-state index is 0.0179. The van der Waals surface area contributed by atoms with E-state index in [0.717, 1.165) is 3.70 Å². The van der Waals surface area contributed by atoms with Crippen LogP contribution in [0.15, 0.2) is 24.3 Å². The number of halogens is 3. The van der Waals surface area contributed by atoms with E-state index in [9.17, 15) is 9.18 Å². The summed E-state index contributed by atoms with van der Waals surface area (Å²) in [7, 11) is 3.31. The minimum atomic E-state index is -0.489. The number of aromatic nitrogens is 2. The van der Waals surface area contributed by atoms with Crippen LogP contribution in [-0.2, 0) is 0 Å². The number of carbonyl (C=O) groups excluding carboxylic acids is 1. The van der Waals surface area contributed by atoms with Gasteiger partial charge in [-0.05, 0) is 40.8 Å². The van der Waals surface area contributed by atoms with Gasteiger partial charge in [0.05, 0.1) is 10.7 Å². The summed E-state index contributed by atoms with van der Waals surface area (Å²) in [6, 6.07) is 5.96. The highest BCUT2D eigenvalue weighted by molar-refractivity contribution is 14.1. The van der Waals surface area contributed by atoms with E-state index >= 15 is 0 Å². The predicted molar refractivity (Wildman–Crippen MR) is 79.3 cm³/mol. The Morgan fingerprint density at radius 3 is 2.68 bits per heavy atom. The van der Waals surface area contributed by atoms with Crippen LogP contribution in [0.5, 0.6) is 0 Å². The molecule has 19 heavy (non-hydrogen) atoms. The molecule has 0 aliphatic rings. The molecule has 2 rings (SSSR count). The lowest BCUT2D eigenvalue weighted by Crippen LogP contribution is -2.22. The fourth-order valence-corrected chi connectivity index (χ4v) is 2.35. The number of carbonyl (C=O) groups is 1. The smallest absolute Gasteiger partial charge is 0.273 e. The maximum atomic E-state index is 13.1. The van der Waals surface area contributed by atoms with Gasteiger partial charge in [-0.25, -0.2) is 9.07 Å². The summed E-state index contributed by atoms with van der Waals surface area (Å²) in [6.07, 6.45) is 0. The Hall–Kier alpha value is -1.15. The predicted octanol–water partition coefficient (Wildman–Crippen LogP) is 2.97. The van der Waals surface area contributed by atoms with Crippen LogP contribution >= 0.6 is 34.2 Å². The number of hydrogen-bond acceptors (Lipinski definition) is 2. The maximum Gasteiger partial charge on any atom is 0.273 e. The summed E-state index contributed by atoms with van der Waals surface area (Å²) in [6.45, 7) is 0. The molecule has 2 aromatic rings. The third kappa shape index (κ3) is 2.89. The monoisotopic (exact) mass is 393 g/mol. The van der Waals surface area contributed by atoms with Gasteiger partial charge in [-0.15, -0.1) is 0 Å². The maximum absolute atomic E-state index is 13.1. The molecule has 100 valence electrons. The van der Waals surface area contributed by atoms with E-state index < -0.39 is 5.82 Å². The second kappa shape index (κ2) is 5.46. The minimum Gasteiger partial charge on any atom is -0.343 e. The van der Waals surface area contributed by atoms with Gasteiger partial charge >= 0.3 is 0 Å². The van der Waals surface area contributed by atoms with Crippen molar-refractivity contribution in [3.8, 4) is 5.69 Å². The lowest BCUT2D eigenvalue weighted by molar-refractivity contribution is 0.0821. The first kappa shape index (κ1) is 14.3. The van der Waals surface area contributed by atoms with Gasteiger partial charge in [0.2, 0.25) is 0 Å². The first-order valence-corrected chi connectivity index (χ1v) is 6.78. The highest BCUT2D eigenvalue weighted by Crippen LogP contribution is 2.21. The van der Waals surface area contributed by atoms with E-state index in [2.05, 4.69) is 27.7 Å². The van der Waals surface area contributed by atoms with Crippen molar-refractivity contribution in [3.63, 3.8) is 0 Å². The molecule has 0 unspecified atom stereocenters. The van der Waals surface area contributed by atoms with E-state index in [1.165, 1.54) is 17.0 Å². The van der Waals surface area contributed by atoms with Gasteiger partial charge in [-0.1, -0.05) is 11.6 Å². The van der Waals surface area contributed by atoms with Crippen molar-refractivity contribution in [2.75, 3.05) is 14.1 Å². The quantitative estimate of drug-likeness (QED) is 0.736. The van der Waals surface area contributed by atoms with Crippen LogP contribution in [0.4, 0.5) is 4.39 Å². The van der Waals surface area contributed by atoms with Crippen molar-refractivity contribution in [2.45, 2.75) is 0 Å². The van der Waals surface area contributed by atoms with Crippen molar-refractivity contribution in [1.29, 1.82) is 0 Å². The van der Waals surface area contributed by atoms with E-state index in [4.69, 9.17) is 11.6 Å². The normalized spacial score (nSPS) is 10.6. The van der Waals surface area contributed by atoms with Crippen LogP contribution in [0.25, 0.3) is 5.69 Å². The molecule has 0 atom stereocenters. The van der Waals surface area contributed by atoms with Gasteiger partial charge in [0.15, 0.2) is 5.69 Å². The standard InChI is InChI=1S/C12H10ClFIN3O/c1-17(2)12(19)10-6-11(15)18(16-10)7-3-4-9(14)8(13)5-7/h3-6H,1-2H3. The highest BCUT2D eigenvalue weighted by Gasteiger charge is 2.16. The molecule has 0 bridgehead atoms. The summed E-state index contributed by atoms with van der Waals surface area (Å²) in [5, 5.41) is 4.23. The van der Waals surface area contributed by atoms with Crippen LogP contribution in [0.1, 0.15) is 10.5 Å². The summed E-state index contributed by atoms with van der Waals surface area (Å²) >= 11 is 7.80. The lowest BCUT2D eigenvalue weighted by atomic mass is 10.3. The zero-order valence-corrected chi connectivity index (χ0v) is 13.1. The number of hydrogen-bond donors (Lipinski definition) is 0. The number of amides is 1. The molecule has 0 spiro atoms. The summed E-state index contributed by atoms with van der Waals surface area (Å²) in [4.78, 5) is 13.3. The van der Waals surface area contributed by atoms with Crippen molar-refractivity contribution in [2.24, 2.45) is 0 Å². The van der Waals surface area contributed by atoms with Crippen LogP contribution in [0, 0.1) is 9.52 Å². The average molecular weight is 394 g/mol. The molecule has 0 aliphatic carbocycles. The zero-order valence-electron chi connectivity index (χ0n) is 10.2. The van der Waals surface area contributed by atoms with E-state index in [-0.39, 0.29) is 10.9 Å². The van der Waals surface area contributed by atoms with Crippen LogP contribution < -0.4 is 0 Å². The second-order valence-corrected chi connectivity index (χ2v) is 5.57. The van der Waals surface area contributed by atoms with E-state index in [1.54, 1.807) is 30.9 Å². The average Bonchev–Trinajstić information content (AvgIpc) is 2.73. The third-order valence-corrected chi connectivity index (χ3v) is 3.50. The fraction of sp³-hybridized carbons (Fsp3) is 0.167. The first-order valence-electron chi connectivity index (χ1n) is 5.33. The summed E-state index contributed by atoms with van der Waals surface area (Å²) < 4.78 is 15.4. The van der Waals surface area contributed by atoms with Gasteiger partial charge in [0.1, 0.15) is 9.52 Å². The van der Waals surface area contributed by atoms with Crippen LogP contribution in [0.2, 0.25) is 5.02 Å². The molecule has 1 aromatic carbocycles. The van der Waals surface area contributed by atoms with Crippen molar-refractivity contribution >= 4 is 40.1 Å². The molecule has 0 saturated heterocycles. The molecule has 0 N–H and O–H groups in total. The van der Waals surface area contributed by atoms with Gasteiger partial charge in [-0.2, -0.15) is 5.10 Å². The number of rotatable bonds is 2. The Morgan fingerprint density at radius 2 is 2.11 bits per heavy atom. The van der Waals surface area contributed by atoms with Crippen LogP contribution in [-0.4, -0.2) is 34.7 Å². The fourth-order valence-electron chi connectivity index (χ4n) is 1.49. The van der Waals surface area contributed by atoms with E-state index in [0.29, 0.717) is 11.4 Å². The Labute approximate surface area is 128 Å². The Balaban J connectivity index is 2.45. The molecule has 0 saturated carbocycles. The molecular formula is C12H10ClFIN3O. The summed E-state index contributed by atoms with van der Waals surface area (Å²) in [5.41, 5.74) is 0.934. The van der Waals surface area contributed by atoms with Crippen molar-refractivity contribution < 1.29 is 9.18 Å². The molecule has 0 radical (unpaired) electrons. The number of benzene rings is 1. The van der Waals surface area contributed by atoms with Gasteiger partial charge < -0.3 is 4.90 Å². The van der Waals surface area contributed by atoms with Crippen LogP contribution in [0.3, 0.4) is 0 Å². The van der Waals surface area contributed by atoms with Crippen molar-refractivity contribution in [1.82, 2.24) is 14.7 Å². The Kier molecular flexibility index (Phi) is 4.10. The molecular weight excluding hydrogens is 384 g/mol. The molecule has 1 heterocycles. The molecule has 1 aromatic heterocycles. The van der Waals surface area contributed by atoms with Crippen molar-refractivity contribution in [3.05, 3.63) is 44.5 Å². The van der Waals surface area contributed by atoms with Gasteiger partial charge in [-0.3, -0.25) is 4.79 Å². The topological polar surface area (TPSA) is 38.1 Å². The molecule has 4 nitrogen and oxygen atoms in total. The lowest BCUT2D eigenvalue weighted by Gasteiger charge is -2.07. The number of nitrogens with zero attached hydrogens (tertiary/aromatic N) is 3. The molecule has 7 heteroatoms. The molecule has 0 aliphatic heterocycles. The first-order chi connectivity index (χ1) is 8.90. The second-order valence-electron chi connectivity index (χ2n) is 4.06. The molecule has 0 fully saturated rings. The van der Waals surface area contributed by atoms with Gasteiger partial charge in [0, 0.05) is 20.2 Å². The molecule has 1 amide bonds.